The first-order valence-corrected chi connectivity index (χ1v) is 9.56. The van der Waals surface area contributed by atoms with Gasteiger partial charge < -0.3 is 4.90 Å². The summed E-state index contributed by atoms with van der Waals surface area (Å²) >= 11 is 0. The van der Waals surface area contributed by atoms with Gasteiger partial charge in [-0.3, -0.25) is 4.79 Å². The van der Waals surface area contributed by atoms with Gasteiger partial charge in [-0.05, 0) is 18.4 Å². The quantitative estimate of drug-likeness (QED) is 0.714. The number of fused-ring (bicyclic) bond motifs is 4. The molecule has 5 rings (SSSR count). The van der Waals surface area contributed by atoms with E-state index in [9.17, 15) is 4.79 Å². The maximum Gasteiger partial charge on any atom is 0.227 e. The molecule has 134 valence electrons. The van der Waals surface area contributed by atoms with Gasteiger partial charge in [0.2, 0.25) is 5.91 Å². The maximum absolute atomic E-state index is 13.0. The van der Waals surface area contributed by atoms with Crippen LogP contribution in [0.1, 0.15) is 35.7 Å². The highest BCUT2D eigenvalue weighted by molar-refractivity contribution is 5.80. The molecule has 0 N–H and O–H groups in total. The van der Waals surface area contributed by atoms with E-state index in [0.29, 0.717) is 6.42 Å². The fourth-order valence-electron chi connectivity index (χ4n) is 4.45. The van der Waals surface area contributed by atoms with Crippen molar-refractivity contribution in [3.63, 3.8) is 0 Å². The molecule has 3 aromatic rings. The first-order valence-electron chi connectivity index (χ1n) is 9.56. The van der Waals surface area contributed by atoms with Crippen LogP contribution in [-0.2, 0) is 17.6 Å². The zero-order valence-corrected chi connectivity index (χ0v) is 15.1. The molecule has 0 radical (unpaired) electrons. The molecule has 3 heterocycles. The van der Waals surface area contributed by atoms with E-state index in [-0.39, 0.29) is 18.0 Å². The number of hydrogen-bond donors (Lipinski definition) is 0. The minimum atomic E-state index is 0.125. The van der Waals surface area contributed by atoms with Crippen molar-refractivity contribution in [2.75, 3.05) is 0 Å². The van der Waals surface area contributed by atoms with Crippen molar-refractivity contribution in [1.82, 2.24) is 14.9 Å². The topological polar surface area (TPSA) is 46.1 Å². The molecule has 2 bridgehead atoms. The highest BCUT2D eigenvalue weighted by atomic mass is 16.2. The lowest BCUT2D eigenvalue weighted by Gasteiger charge is -2.36. The van der Waals surface area contributed by atoms with Crippen molar-refractivity contribution < 1.29 is 4.79 Å². The molecule has 0 aliphatic carbocycles. The summed E-state index contributed by atoms with van der Waals surface area (Å²) in [7, 11) is 0. The Bertz CT molecular complexity index is 971. The van der Waals surface area contributed by atoms with E-state index < -0.39 is 0 Å². The van der Waals surface area contributed by atoms with Crippen molar-refractivity contribution in [2.45, 2.75) is 37.8 Å². The molecular weight excluding hydrogens is 334 g/mol. The largest absolute Gasteiger partial charge is 0.332 e. The van der Waals surface area contributed by atoms with Gasteiger partial charge in [-0.2, -0.15) is 0 Å². The monoisotopic (exact) mass is 355 g/mol. The molecule has 0 spiro atoms. The lowest BCUT2D eigenvalue weighted by molar-refractivity contribution is -0.134. The van der Waals surface area contributed by atoms with Gasteiger partial charge in [-0.1, -0.05) is 60.7 Å². The van der Waals surface area contributed by atoms with Crippen LogP contribution in [0.15, 0.2) is 66.9 Å². The molecule has 2 atom stereocenters. The van der Waals surface area contributed by atoms with E-state index in [1.165, 1.54) is 0 Å². The van der Waals surface area contributed by atoms with Crippen molar-refractivity contribution in [2.24, 2.45) is 0 Å². The summed E-state index contributed by atoms with van der Waals surface area (Å²) in [6.45, 7) is 0. The molecule has 27 heavy (non-hydrogen) atoms. The normalized spacial score (nSPS) is 20.4. The molecule has 1 fully saturated rings. The van der Waals surface area contributed by atoms with Crippen LogP contribution in [0.3, 0.4) is 0 Å². The van der Waals surface area contributed by atoms with Crippen LogP contribution >= 0.6 is 0 Å². The van der Waals surface area contributed by atoms with Crippen molar-refractivity contribution in [1.29, 1.82) is 0 Å². The first kappa shape index (κ1) is 16.2. The summed E-state index contributed by atoms with van der Waals surface area (Å²) in [5.41, 5.74) is 4.35. The van der Waals surface area contributed by atoms with Crippen LogP contribution in [0.4, 0.5) is 0 Å². The molecular formula is C23H21N3O. The Morgan fingerprint density at radius 1 is 1.00 bits per heavy atom. The van der Waals surface area contributed by atoms with E-state index >= 15 is 0 Å². The van der Waals surface area contributed by atoms with E-state index in [2.05, 4.69) is 9.88 Å². The summed E-state index contributed by atoms with van der Waals surface area (Å²) < 4.78 is 0. The first-order chi connectivity index (χ1) is 13.3. The molecule has 4 heteroatoms. The van der Waals surface area contributed by atoms with Crippen LogP contribution in [0.2, 0.25) is 0 Å². The van der Waals surface area contributed by atoms with E-state index in [0.717, 1.165) is 47.5 Å². The predicted octanol–water partition coefficient (Wildman–Crippen LogP) is 3.97. The molecule has 1 saturated heterocycles. The number of rotatable bonds is 3. The maximum atomic E-state index is 13.0. The molecule has 1 aromatic heterocycles. The van der Waals surface area contributed by atoms with Gasteiger partial charge in [0.15, 0.2) is 5.82 Å². The number of nitrogens with zero attached hydrogens (tertiary/aromatic N) is 3. The van der Waals surface area contributed by atoms with Crippen LogP contribution in [0.5, 0.6) is 0 Å². The summed E-state index contributed by atoms with van der Waals surface area (Å²) in [5, 5.41) is 0. The Morgan fingerprint density at radius 3 is 2.52 bits per heavy atom. The van der Waals surface area contributed by atoms with Crippen LogP contribution < -0.4 is 0 Å². The van der Waals surface area contributed by atoms with E-state index in [1.54, 1.807) is 0 Å². The number of carbonyl (C=O) groups is 1. The van der Waals surface area contributed by atoms with E-state index in [4.69, 9.17) is 4.98 Å². The average molecular weight is 355 g/mol. The van der Waals surface area contributed by atoms with Gasteiger partial charge >= 0.3 is 0 Å². The SMILES string of the molecule is O=C(Cc1ccccc1)N1[C@H]2CC[C@@H]1c1cnc(-c3ccccc3)nc1C2. The standard InChI is InChI=1S/C23H21N3O/c27-22(13-16-7-3-1-4-8-16)26-18-11-12-21(26)19-15-24-23(25-20(19)14-18)17-9-5-2-6-10-17/h1-10,15,18,21H,11-14H2/t18-,21+/m0/s1. The Morgan fingerprint density at radius 2 is 1.74 bits per heavy atom. The molecule has 2 aliphatic rings. The smallest absolute Gasteiger partial charge is 0.227 e. The lowest BCUT2D eigenvalue weighted by atomic mass is 9.98. The molecule has 4 nitrogen and oxygen atoms in total. The molecule has 0 unspecified atom stereocenters. The number of benzene rings is 2. The number of amides is 1. The molecule has 1 amide bonds. The highest BCUT2D eigenvalue weighted by Gasteiger charge is 2.43. The van der Waals surface area contributed by atoms with Gasteiger partial charge in [-0.25, -0.2) is 9.97 Å². The fraction of sp³-hybridized carbons (Fsp3) is 0.261. The van der Waals surface area contributed by atoms with Crippen LogP contribution in [-0.4, -0.2) is 26.8 Å². The van der Waals surface area contributed by atoms with Gasteiger partial charge in [0, 0.05) is 29.8 Å². The molecule has 0 saturated carbocycles. The number of carbonyl (C=O) groups excluding carboxylic acids is 1. The van der Waals surface area contributed by atoms with Crippen LogP contribution in [0, 0.1) is 0 Å². The van der Waals surface area contributed by atoms with Gasteiger partial charge in [-0.15, -0.1) is 0 Å². The minimum Gasteiger partial charge on any atom is -0.332 e. The number of hydrogen-bond acceptors (Lipinski definition) is 3. The average Bonchev–Trinajstić information content (AvgIpc) is 3.04. The van der Waals surface area contributed by atoms with Gasteiger partial charge in [0.25, 0.3) is 0 Å². The van der Waals surface area contributed by atoms with Crippen LogP contribution in [0.25, 0.3) is 11.4 Å². The Hall–Kier alpha value is -3.01. The third-order valence-corrected chi connectivity index (χ3v) is 5.71. The Kier molecular flexibility index (Phi) is 3.97. The zero-order valence-electron chi connectivity index (χ0n) is 15.1. The predicted molar refractivity (Wildman–Crippen MR) is 104 cm³/mol. The molecule has 2 aromatic carbocycles. The third-order valence-electron chi connectivity index (χ3n) is 5.71. The second-order valence-electron chi connectivity index (χ2n) is 7.38. The fourth-order valence-corrected chi connectivity index (χ4v) is 4.45. The lowest BCUT2D eigenvalue weighted by Crippen LogP contribution is -2.43. The second-order valence-corrected chi connectivity index (χ2v) is 7.38. The summed E-state index contributed by atoms with van der Waals surface area (Å²) in [6, 6.07) is 20.5. The minimum absolute atomic E-state index is 0.125. The Labute approximate surface area is 158 Å². The Balaban J connectivity index is 1.43. The third kappa shape index (κ3) is 2.91. The van der Waals surface area contributed by atoms with E-state index in [1.807, 2.05) is 66.9 Å². The molecule has 2 aliphatic heterocycles. The highest BCUT2D eigenvalue weighted by Crippen LogP contribution is 2.43. The van der Waals surface area contributed by atoms with Gasteiger partial charge in [0.1, 0.15) is 0 Å². The second kappa shape index (κ2) is 6.62. The zero-order chi connectivity index (χ0) is 18.2. The van der Waals surface area contributed by atoms with Crippen molar-refractivity contribution in [3.8, 4) is 11.4 Å². The summed E-state index contributed by atoms with van der Waals surface area (Å²) in [4.78, 5) is 24.6. The summed E-state index contributed by atoms with van der Waals surface area (Å²) in [5.74, 6) is 0.990. The summed E-state index contributed by atoms with van der Waals surface area (Å²) in [6.07, 6.45) is 5.29. The van der Waals surface area contributed by atoms with Gasteiger partial charge in [0.05, 0.1) is 18.2 Å². The number of aromatic nitrogens is 2. The van der Waals surface area contributed by atoms with Crippen molar-refractivity contribution in [3.05, 3.63) is 83.7 Å². The van der Waals surface area contributed by atoms with Crippen molar-refractivity contribution >= 4 is 5.91 Å².